The lowest BCUT2D eigenvalue weighted by molar-refractivity contribution is -0.0479. The number of nitrogens with two attached hydrogens (primary N) is 2. The van der Waals surface area contributed by atoms with Gasteiger partial charge in [-0.15, -0.1) is 0 Å². The predicted octanol–water partition coefficient (Wildman–Crippen LogP) is 1.46. The van der Waals surface area contributed by atoms with Gasteiger partial charge in [-0.2, -0.15) is 5.10 Å². The molecule has 5 N–H and O–H groups in total. The minimum Gasteiger partial charge on any atom is -0.350 e. The van der Waals surface area contributed by atoms with Gasteiger partial charge in [-0.1, -0.05) is 42.5 Å². The predicted molar refractivity (Wildman–Crippen MR) is 97.3 cm³/mol. The Morgan fingerprint density at radius 1 is 1.11 bits per heavy atom. The Kier molecular flexibility index (Phi) is 4.95. The number of hydroxylamine groups is 2. The number of primary amides is 1. The van der Waals surface area contributed by atoms with E-state index in [0.717, 1.165) is 5.56 Å². The first-order valence-electron chi connectivity index (χ1n) is 7.80. The number of primary sulfonamides is 1. The van der Waals surface area contributed by atoms with Crippen LogP contribution in [0.15, 0.2) is 65.6 Å². The van der Waals surface area contributed by atoms with Crippen molar-refractivity contribution in [3.8, 4) is 16.9 Å². The van der Waals surface area contributed by atoms with Gasteiger partial charge < -0.3 is 5.73 Å². The maximum atomic E-state index is 12.0. The number of benzene rings is 2. The Hall–Kier alpha value is -3.21. The lowest BCUT2D eigenvalue weighted by Gasteiger charge is -2.11. The van der Waals surface area contributed by atoms with Crippen LogP contribution in [0.25, 0.3) is 16.9 Å². The molecule has 3 aromatic rings. The van der Waals surface area contributed by atoms with Gasteiger partial charge >= 0.3 is 6.03 Å². The monoisotopic (exact) mass is 387 g/mol. The molecule has 0 saturated heterocycles. The summed E-state index contributed by atoms with van der Waals surface area (Å²) in [6, 6.07) is 15.9. The zero-order valence-electron chi connectivity index (χ0n) is 14.1. The van der Waals surface area contributed by atoms with Crippen LogP contribution < -0.4 is 10.9 Å². The van der Waals surface area contributed by atoms with Crippen molar-refractivity contribution in [1.82, 2.24) is 14.8 Å². The number of nitrogens with zero attached hydrogens (tertiary/aromatic N) is 3. The molecule has 1 aromatic heterocycles. The maximum Gasteiger partial charge on any atom is 0.338 e. The minimum absolute atomic E-state index is 0.104. The lowest BCUT2D eigenvalue weighted by Crippen LogP contribution is -2.32. The number of hydrogen-bond donors (Lipinski definition) is 3. The fourth-order valence-electron chi connectivity index (χ4n) is 2.61. The topological polar surface area (TPSA) is 145 Å². The number of sulfonamides is 1. The maximum absolute atomic E-state index is 12.0. The molecule has 0 unspecified atom stereocenters. The summed E-state index contributed by atoms with van der Waals surface area (Å²) in [7, 11) is -4.00. The third-order valence-electron chi connectivity index (χ3n) is 3.80. The SMILES string of the molecule is NC(=O)N(O)Cc1cc(-c2ccccc2)n(-c2ccccc2S(N)(=O)=O)n1. The first kappa shape index (κ1) is 18.6. The quantitative estimate of drug-likeness (QED) is 0.448. The molecule has 0 spiro atoms. The molecule has 0 atom stereocenters. The van der Waals surface area contributed by atoms with Crippen molar-refractivity contribution < 1.29 is 18.4 Å². The van der Waals surface area contributed by atoms with Crippen LogP contribution in [-0.4, -0.2) is 34.5 Å². The van der Waals surface area contributed by atoms with Crippen molar-refractivity contribution >= 4 is 16.1 Å². The van der Waals surface area contributed by atoms with Crippen molar-refractivity contribution in [2.45, 2.75) is 11.4 Å². The van der Waals surface area contributed by atoms with Crippen molar-refractivity contribution in [1.29, 1.82) is 0 Å². The molecule has 2 aromatic carbocycles. The van der Waals surface area contributed by atoms with Crippen molar-refractivity contribution in [3.63, 3.8) is 0 Å². The summed E-state index contributed by atoms with van der Waals surface area (Å²) in [5.41, 5.74) is 6.90. The van der Waals surface area contributed by atoms with Gasteiger partial charge in [-0.25, -0.2) is 28.1 Å². The minimum atomic E-state index is -4.00. The average molecular weight is 387 g/mol. The van der Waals surface area contributed by atoms with E-state index >= 15 is 0 Å². The van der Waals surface area contributed by atoms with Crippen molar-refractivity contribution in [3.05, 3.63) is 66.4 Å². The molecule has 0 aliphatic heterocycles. The second-order valence-corrected chi connectivity index (χ2v) is 7.24. The Balaban J connectivity index is 2.20. The number of carbonyl (C=O) groups is 1. The van der Waals surface area contributed by atoms with Gasteiger partial charge in [0.15, 0.2) is 0 Å². The molecule has 0 radical (unpaired) electrons. The normalized spacial score (nSPS) is 11.3. The highest BCUT2D eigenvalue weighted by atomic mass is 32.2. The lowest BCUT2D eigenvalue weighted by atomic mass is 10.1. The van der Waals surface area contributed by atoms with E-state index in [1.165, 1.54) is 10.7 Å². The summed E-state index contributed by atoms with van der Waals surface area (Å²) < 4.78 is 25.4. The molecule has 0 aliphatic rings. The highest BCUT2D eigenvalue weighted by Crippen LogP contribution is 2.27. The van der Waals surface area contributed by atoms with Gasteiger partial charge in [-0.3, -0.25) is 5.21 Å². The van der Waals surface area contributed by atoms with Crippen LogP contribution in [0.3, 0.4) is 0 Å². The van der Waals surface area contributed by atoms with Gasteiger partial charge in [0.25, 0.3) is 0 Å². The van der Waals surface area contributed by atoms with E-state index in [4.69, 9.17) is 10.9 Å². The Morgan fingerprint density at radius 2 is 1.74 bits per heavy atom. The van der Waals surface area contributed by atoms with E-state index in [-0.39, 0.29) is 17.1 Å². The van der Waals surface area contributed by atoms with E-state index in [2.05, 4.69) is 5.10 Å². The van der Waals surface area contributed by atoms with E-state index in [9.17, 15) is 18.4 Å². The largest absolute Gasteiger partial charge is 0.350 e. The number of urea groups is 1. The summed E-state index contributed by atoms with van der Waals surface area (Å²) in [4.78, 5) is 11.0. The molecule has 140 valence electrons. The Morgan fingerprint density at radius 3 is 2.37 bits per heavy atom. The molecule has 27 heavy (non-hydrogen) atoms. The molecule has 3 rings (SSSR count). The second kappa shape index (κ2) is 7.19. The van der Waals surface area contributed by atoms with Crippen LogP contribution in [0.4, 0.5) is 4.79 Å². The number of aromatic nitrogens is 2. The van der Waals surface area contributed by atoms with E-state index in [1.54, 1.807) is 24.3 Å². The third kappa shape index (κ3) is 3.97. The summed E-state index contributed by atoms with van der Waals surface area (Å²) in [5, 5.41) is 19.6. The zero-order chi connectivity index (χ0) is 19.6. The number of rotatable bonds is 5. The molecule has 0 aliphatic carbocycles. The number of carbonyl (C=O) groups excluding carboxylic acids is 1. The Bertz CT molecular complexity index is 1080. The van der Waals surface area contributed by atoms with E-state index < -0.39 is 16.1 Å². The molecule has 1 heterocycles. The number of amides is 2. The number of hydrogen-bond acceptors (Lipinski definition) is 5. The van der Waals surface area contributed by atoms with Crippen LogP contribution in [-0.2, 0) is 16.6 Å². The fraction of sp³-hybridized carbons (Fsp3) is 0.0588. The van der Waals surface area contributed by atoms with Crippen LogP contribution in [0.2, 0.25) is 0 Å². The summed E-state index contributed by atoms with van der Waals surface area (Å²) in [6.45, 7) is -0.264. The smallest absolute Gasteiger partial charge is 0.338 e. The van der Waals surface area contributed by atoms with E-state index in [1.807, 2.05) is 30.3 Å². The summed E-state index contributed by atoms with van der Waals surface area (Å²) in [5.74, 6) is 0. The third-order valence-corrected chi connectivity index (χ3v) is 4.75. The molecular formula is C17H17N5O4S. The van der Waals surface area contributed by atoms with Crippen LogP contribution in [0, 0.1) is 0 Å². The highest BCUT2D eigenvalue weighted by Gasteiger charge is 2.20. The van der Waals surface area contributed by atoms with Crippen LogP contribution in [0.1, 0.15) is 5.69 Å². The summed E-state index contributed by atoms with van der Waals surface area (Å²) >= 11 is 0. The van der Waals surface area contributed by atoms with Crippen molar-refractivity contribution in [2.24, 2.45) is 10.9 Å². The standard InChI is InChI=1S/C17H17N5O4S/c18-17(23)21(24)11-13-10-15(12-6-2-1-3-7-12)22(20-13)14-8-4-5-9-16(14)27(19,25)26/h1-10,24H,11H2,(H2,18,23)(H2,19,25,26). The first-order chi connectivity index (χ1) is 12.8. The molecule has 0 fully saturated rings. The Labute approximate surface area is 155 Å². The molecule has 2 amide bonds. The number of para-hydroxylation sites is 1. The first-order valence-corrected chi connectivity index (χ1v) is 9.34. The van der Waals surface area contributed by atoms with Crippen LogP contribution >= 0.6 is 0 Å². The van der Waals surface area contributed by atoms with Crippen LogP contribution in [0.5, 0.6) is 0 Å². The van der Waals surface area contributed by atoms with Gasteiger partial charge in [-0.05, 0) is 18.2 Å². The average Bonchev–Trinajstić information content (AvgIpc) is 3.05. The van der Waals surface area contributed by atoms with Gasteiger partial charge in [0, 0.05) is 5.56 Å². The van der Waals surface area contributed by atoms with E-state index in [0.29, 0.717) is 16.5 Å². The molecule has 0 saturated carbocycles. The van der Waals surface area contributed by atoms with Gasteiger partial charge in [0.2, 0.25) is 10.0 Å². The fourth-order valence-corrected chi connectivity index (χ4v) is 3.32. The molecule has 9 nitrogen and oxygen atoms in total. The molecule has 10 heteroatoms. The summed E-state index contributed by atoms with van der Waals surface area (Å²) in [6.07, 6.45) is 0. The van der Waals surface area contributed by atoms with Gasteiger partial charge in [0.05, 0.1) is 23.6 Å². The highest BCUT2D eigenvalue weighted by molar-refractivity contribution is 7.89. The second-order valence-electron chi connectivity index (χ2n) is 5.71. The zero-order valence-corrected chi connectivity index (χ0v) is 14.9. The molecular weight excluding hydrogens is 370 g/mol. The molecule has 0 bridgehead atoms. The van der Waals surface area contributed by atoms with Gasteiger partial charge in [0.1, 0.15) is 4.90 Å². The van der Waals surface area contributed by atoms with Crippen molar-refractivity contribution in [2.75, 3.05) is 0 Å².